The van der Waals surface area contributed by atoms with Crippen LogP contribution in [0.1, 0.15) is 22.3 Å². The molecule has 1 aromatic carbocycles. The van der Waals surface area contributed by atoms with Crippen LogP contribution in [-0.2, 0) is 19.6 Å². The first-order chi connectivity index (χ1) is 11.3. The van der Waals surface area contributed by atoms with Gasteiger partial charge < -0.3 is 9.30 Å². The van der Waals surface area contributed by atoms with Crippen LogP contribution in [0, 0.1) is 0 Å². The largest absolute Gasteiger partial charge is 0.497 e. The zero-order valence-electron chi connectivity index (χ0n) is 12.9. The minimum absolute atomic E-state index is 0.324. The highest BCUT2D eigenvalue weighted by Gasteiger charge is 2.28. The van der Waals surface area contributed by atoms with Gasteiger partial charge in [-0.15, -0.1) is 11.3 Å². The van der Waals surface area contributed by atoms with E-state index in [4.69, 9.17) is 4.74 Å². The summed E-state index contributed by atoms with van der Waals surface area (Å²) in [5, 5.41) is 0. The summed E-state index contributed by atoms with van der Waals surface area (Å²) < 4.78 is 7.53. The van der Waals surface area contributed by atoms with E-state index in [0.717, 1.165) is 31.2 Å². The minimum atomic E-state index is 0.324. The fraction of sp³-hybridized carbons (Fsp3) is 0.294. The number of benzene rings is 1. The molecule has 0 bridgehead atoms. The molecule has 1 aliphatic heterocycles. The van der Waals surface area contributed by atoms with Crippen molar-refractivity contribution in [2.75, 3.05) is 7.11 Å². The van der Waals surface area contributed by atoms with Crippen molar-refractivity contribution in [3.63, 3.8) is 0 Å². The number of aromatic nitrogens is 3. The molecule has 1 atom stereocenters. The molecule has 0 aliphatic carbocycles. The summed E-state index contributed by atoms with van der Waals surface area (Å²) in [6.07, 6.45) is 5.91. The molecule has 0 saturated carbocycles. The summed E-state index contributed by atoms with van der Waals surface area (Å²) in [5.41, 5.74) is 3.19. The second-order valence-corrected chi connectivity index (χ2v) is 6.63. The Kier molecular flexibility index (Phi) is 3.85. The fourth-order valence-corrected chi connectivity index (χ4v) is 3.70. The van der Waals surface area contributed by atoms with Crippen LogP contribution < -0.4 is 4.74 Å². The average Bonchev–Trinajstić information content (AvgIpc) is 3.25. The van der Waals surface area contributed by atoms with Gasteiger partial charge in [-0.2, -0.15) is 0 Å². The highest BCUT2D eigenvalue weighted by Crippen LogP contribution is 2.31. The molecule has 23 heavy (non-hydrogen) atoms. The molecule has 0 saturated heterocycles. The molecule has 118 valence electrons. The van der Waals surface area contributed by atoms with Crippen LogP contribution in [0.5, 0.6) is 5.75 Å². The molecular formula is C17H18N4OS. The lowest BCUT2D eigenvalue weighted by Crippen LogP contribution is -2.36. The molecule has 2 aromatic heterocycles. The van der Waals surface area contributed by atoms with Gasteiger partial charge >= 0.3 is 0 Å². The highest BCUT2D eigenvalue weighted by atomic mass is 32.1. The zero-order chi connectivity index (χ0) is 15.6. The standard InChI is InChI=1S/C17H18N4OS/c1-22-14-4-2-13(3-5-14)16-10-20-7-6-19-17(20)11-21(16)9-15-8-18-12-23-15/h2-8,12,16H,9-11H2,1H3/t16-/m0/s1. The van der Waals surface area contributed by atoms with Crippen LogP contribution >= 0.6 is 11.3 Å². The van der Waals surface area contributed by atoms with E-state index in [1.807, 2.05) is 30.0 Å². The third-order valence-electron chi connectivity index (χ3n) is 4.30. The molecule has 0 spiro atoms. The van der Waals surface area contributed by atoms with E-state index in [1.165, 1.54) is 10.4 Å². The van der Waals surface area contributed by atoms with Gasteiger partial charge in [0.15, 0.2) is 0 Å². The number of rotatable bonds is 4. The van der Waals surface area contributed by atoms with Gasteiger partial charge in [0.25, 0.3) is 0 Å². The number of thiazole rings is 1. The normalized spacial score (nSPS) is 17.9. The Labute approximate surface area is 139 Å². The molecule has 3 aromatic rings. The first-order valence-electron chi connectivity index (χ1n) is 7.59. The lowest BCUT2D eigenvalue weighted by atomic mass is 10.0. The number of hydrogen-bond acceptors (Lipinski definition) is 5. The number of methoxy groups -OCH3 is 1. The average molecular weight is 326 g/mol. The zero-order valence-corrected chi connectivity index (χ0v) is 13.7. The lowest BCUT2D eigenvalue weighted by Gasteiger charge is -2.36. The van der Waals surface area contributed by atoms with Crippen molar-refractivity contribution in [1.82, 2.24) is 19.4 Å². The number of fused-ring (bicyclic) bond motifs is 1. The SMILES string of the molecule is COc1ccc([C@@H]2Cn3ccnc3CN2Cc2cncs2)cc1. The molecule has 0 fully saturated rings. The Balaban J connectivity index is 1.65. The Bertz CT molecular complexity index is 766. The van der Waals surface area contributed by atoms with Crippen molar-refractivity contribution in [1.29, 1.82) is 0 Å². The van der Waals surface area contributed by atoms with Crippen LogP contribution in [0.4, 0.5) is 0 Å². The molecule has 3 heterocycles. The summed E-state index contributed by atoms with van der Waals surface area (Å²) in [6.45, 7) is 2.66. The fourth-order valence-electron chi connectivity index (χ4n) is 3.08. The Morgan fingerprint density at radius 3 is 2.91 bits per heavy atom. The second-order valence-electron chi connectivity index (χ2n) is 5.66. The van der Waals surface area contributed by atoms with E-state index in [2.05, 4.69) is 37.8 Å². The third kappa shape index (κ3) is 2.87. The minimum Gasteiger partial charge on any atom is -0.497 e. The summed E-state index contributed by atoms with van der Waals surface area (Å²) in [6, 6.07) is 8.70. The van der Waals surface area contributed by atoms with Crippen LogP contribution in [0.3, 0.4) is 0 Å². The first kappa shape index (κ1) is 14.4. The topological polar surface area (TPSA) is 43.2 Å². The quantitative estimate of drug-likeness (QED) is 0.739. The van der Waals surface area contributed by atoms with E-state index in [0.29, 0.717) is 6.04 Å². The Morgan fingerprint density at radius 1 is 1.30 bits per heavy atom. The molecule has 1 aliphatic rings. The van der Waals surface area contributed by atoms with Crippen LogP contribution in [0.15, 0.2) is 48.4 Å². The van der Waals surface area contributed by atoms with E-state index in [1.54, 1.807) is 18.4 Å². The summed E-state index contributed by atoms with van der Waals surface area (Å²) >= 11 is 1.70. The van der Waals surface area contributed by atoms with Crippen LogP contribution in [0.2, 0.25) is 0 Å². The lowest BCUT2D eigenvalue weighted by molar-refractivity contribution is 0.129. The van der Waals surface area contributed by atoms with Gasteiger partial charge in [0.05, 0.1) is 25.2 Å². The van der Waals surface area contributed by atoms with Crippen LogP contribution in [0.25, 0.3) is 0 Å². The van der Waals surface area contributed by atoms with Crippen molar-refractivity contribution in [2.45, 2.75) is 25.7 Å². The molecule has 4 rings (SSSR count). The van der Waals surface area contributed by atoms with Crippen molar-refractivity contribution < 1.29 is 4.74 Å². The predicted molar refractivity (Wildman–Crippen MR) is 89.3 cm³/mol. The van der Waals surface area contributed by atoms with Gasteiger partial charge in [0, 0.05) is 36.6 Å². The molecule has 5 nitrogen and oxygen atoms in total. The van der Waals surface area contributed by atoms with Gasteiger partial charge in [-0.05, 0) is 17.7 Å². The molecule has 0 N–H and O–H groups in total. The van der Waals surface area contributed by atoms with E-state index in [-0.39, 0.29) is 0 Å². The maximum atomic E-state index is 5.28. The molecular weight excluding hydrogens is 308 g/mol. The predicted octanol–water partition coefficient (Wildman–Crippen LogP) is 3.11. The van der Waals surface area contributed by atoms with Gasteiger partial charge in [-0.1, -0.05) is 12.1 Å². The van der Waals surface area contributed by atoms with Crippen molar-refractivity contribution in [3.05, 3.63) is 64.6 Å². The molecule has 0 amide bonds. The van der Waals surface area contributed by atoms with E-state index >= 15 is 0 Å². The number of imidazole rings is 1. The van der Waals surface area contributed by atoms with E-state index < -0.39 is 0 Å². The molecule has 0 unspecified atom stereocenters. The third-order valence-corrected chi connectivity index (χ3v) is 5.06. The Morgan fingerprint density at radius 2 is 2.17 bits per heavy atom. The molecule has 6 heteroatoms. The van der Waals surface area contributed by atoms with Crippen molar-refractivity contribution in [3.8, 4) is 5.75 Å². The molecule has 0 radical (unpaired) electrons. The Hall–Kier alpha value is -2.18. The maximum absolute atomic E-state index is 5.28. The van der Waals surface area contributed by atoms with Gasteiger partial charge in [0.2, 0.25) is 0 Å². The van der Waals surface area contributed by atoms with E-state index in [9.17, 15) is 0 Å². The number of nitrogens with zero attached hydrogens (tertiary/aromatic N) is 4. The number of hydrogen-bond donors (Lipinski definition) is 0. The first-order valence-corrected chi connectivity index (χ1v) is 8.47. The smallest absolute Gasteiger partial charge is 0.122 e. The summed E-state index contributed by atoms with van der Waals surface area (Å²) in [7, 11) is 1.70. The highest BCUT2D eigenvalue weighted by molar-refractivity contribution is 7.09. The maximum Gasteiger partial charge on any atom is 0.122 e. The van der Waals surface area contributed by atoms with Crippen molar-refractivity contribution >= 4 is 11.3 Å². The summed E-state index contributed by atoms with van der Waals surface area (Å²) in [4.78, 5) is 12.4. The monoisotopic (exact) mass is 326 g/mol. The van der Waals surface area contributed by atoms with Gasteiger partial charge in [-0.3, -0.25) is 9.88 Å². The van der Waals surface area contributed by atoms with Crippen molar-refractivity contribution in [2.24, 2.45) is 0 Å². The summed E-state index contributed by atoms with van der Waals surface area (Å²) in [5.74, 6) is 2.01. The number of ether oxygens (including phenoxy) is 1. The van der Waals surface area contributed by atoms with Gasteiger partial charge in [0.1, 0.15) is 11.6 Å². The second kappa shape index (κ2) is 6.14. The van der Waals surface area contributed by atoms with Crippen LogP contribution in [-0.4, -0.2) is 26.5 Å². The van der Waals surface area contributed by atoms with Gasteiger partial charge in [-0.25, -0.2) is 4.98 Å².